The Balaban J connectivity index is 1.32. The van der Waals surface area contributed by atoms with Crippen LogP contribution in [0.4, 0.5) is 10.5 Å². The molecule has 0 bridgehead atoms. The van der Waals surface area contributed by atoms with Gasteiger partial charge in [0.15, 0.2) is 5.82 Å². The van der Waals surface area contributed by atoms with Crippen molar-refractivity contribution in [3.05, 3.63) is 60.2 Å². The number of amides is 2. The summed E-state index contributed by atoms with van der Waals surface area (Å²) < 4.78 is 8.25. The van der Waals surface area contributed by atoms with Gasteiger partial charge in [-0.05, 0) is 68.4 Å². The van der Waals surface area contributed by atoms with Gasteiger partial charge in [-0.25, -0.2) is 9.78 Å². The molecule has 0 atom stereocenters. The maximum absolute atomic E-state index is 12.2. The van der Waals surface area contributed by atoms with Crippen molar-refractivity contribution in [2.45, 2.75) is 57.2 Å². The van der Waals surface area contributed by atoms with Crippen molar-refractivity contribution in [1.29, 1.82) is 5.26 Å². The third kappa shape index (κ3) is 4.15. The average molecular weight is 482 g/mol. The highest BCUT2D eigenvalue weighted by Gasteiger charge is 2.28. The number of carbonyl (C=O) groups is 1. The number of nitrogens with one attached hydrogen (secondary N) is 3. The first-order chi connectivity index (χ1) is 17.7. The Morgan fingerprint density at radius 2 is 1.94 bits per heavy atom. The molecule has 0 spiro atoms. The van der Waals surface area contributed by atoms with Crippen LogP contribution in [-0.4, -0.2) is 31.8 Å². The Morgan fingerprint density at radius 3 is 2.58 bits per heavy atom. The highest BCUT2D eigenvalue weighted by Crippen LogP contribution is 2.43. The Bertz CT molecular complexity index is 1430. The second kappa shape index (κ2) is 9.38. The Hall–Kier alpha value is -4.32. The van der Waals surface area contributed by atoms with E-state index in [0.717, 1.165) is 53.5 Å². The van der Waals surface area contributed by atoms with Gasteiger partial charge in [-0.2, -0.15) is 10.4 Å². The first-order valence-electron chi connectivity index (χ1n) is 12.4. The summed E-state index contributed by atoms with van der Waals surface area (Å²) in [5.41, 5.74) is 4.23. The number of fused-ring (bicyclic) bond motifs is 1. The number of ether oxygens (including phenoxy) is 1. The number of aromatic nitrogens is 4. The second-order valence-corrected chi connectivity index (χ2v) is 9.49. The van der Waals surface area contributed by atoms with Gasteiger partial charge in [0.25, 0.3) is 0 Å². The van der Waals surface area contributed by atoms with Gasteiger partial charge in [-0.15, -0.1) is 0 Å². The van der Waals surface area contributed by atoms with E-state index in [1.807, 2.05) is 42.5 Å². The smallest absolute Gasteiger partial charge is 0.319 e. The van der Waals surface area contributed by atoms with E-state index in [1.54, 1.807) is 0 Å². The standard InChI is InChI=1S/C27H27N7O2/c28-14-23-22-12-11-21(36-15-25-29-16-30-33-25)13-24(22)34(20-5-2-6-20)26(23)17-7-9-19(10-8-17)32-27(35)31-18-3-1-4-18/h7-13,16,18,20H,1-6,15H2,(H,29,30,33)(H2,31,32,35). The molecule has 2 aromatic carbocycles. The van der Waals surface area contributed by atoms with Crippen molar-refractivity contribution < 1.29 is 9.53 Å². The van der Waals surface area contributed by atoms with Crippen LogP contribution >= 0.6 is 0 Å². The molecular formula is C27H27N7O2. The average Bonchev–Trinajstić information content (AvgIpc) is 3.46. The lowest BCUT2D eigenvalue weighted by molar-refractivity contribution is 0.240. The van der Waals surface area contributed by atoms with Crippen molar-refractivity contribution in [3.8, 4) is 23.1 Å². The number of aromatic amines is 1. The SMILES string of the molecule is N#Cc1c(-c2ccc(NC(=O)NC3CCC3)cc2)n(C2CCC2)c2cc(OCc3ncn[nH]3)ccc12. The first-order valence-corrected chi connectivity index (χ1v) is 12.4. The van der Waals surface area contributed by atoms with Gasteiger partial charge in [-0.1, -0.05) is 12.1 Å². The van der Waals surface area contributed by atoms with Crippen LogP contribution in [-0.2, 0) is 6.61 Å². The second-order valence-electron chi connectivity index (χ2n) is 9.49. The molecule has 9 heteroatoms. The van der Waals surface area contributed by atoms with Gasteiger partial charge in [0.05, 0.1) is 16.8 Å². The number of nitrogens with zero attached hydrogens (tertiary/aromatic N) is 4. The minimum Gasteiger partial charge on any atom is -0.486 e. The molecule has 2 aromatic heterocycles. The van der Waals surface area contributed by atoms with Gasteiger partial charge < -0.3 is 19.9 Å². The van der Waals surface area contributed by atoms with E-state index in [2.05, 4.69) is 36.5 Å². The van der Waals surface area contributed by atoms with Gasteiger partial charge >= 0.3 is 6.03 Å². The molecule has 2 saturated carbocycles. The third-order valence-corrected chi connectivity index (χ3v) is 7.22. The number of hydrogen-bond donors (Lipinski definition) is 3. The fraction of sp³-hybridized carbons (Fsp3) is 0.333. The number of carbonyl (C=O) groups excluding carboxylic acids is 1. The van der Waals surface area contributed by atoms with E-state index in [1.165, 1.54) is 19.2 Å². The minimum atomic E-state index is -0.174. The monoisotopic (exact) mass is 481 g/mol. The van der Waals surface area contributed by atoms with Crippen LogP contribution in [0.25, 0.3) is 22.2 Å². The summed E-state index contributed by atoms with van der Waals surface area (Å²) in [6, 6.07) is 16.5. The molecule has 0 radical (unpaired) electrons. The largest absolute Gasteiger partial charge is 0.486 e. The topological polar surface area (TPSA) is 121 Å². The number of nitriles is 1. The first kappa shape index (κ1) is 22.2. The Labute approximate surface area is 208 Å². The molecule has 2 aliphatic rings. The van der Waals surface area contributed by atoms with Crippen molar-refractivity contribution in [2.75, 3.05) is 5.32 Å². The van der Waals surface area contributed by atoms with Crippen molar-refractivity contribution in [2.24, 2.45) is 0 Å². The Kier molecular flexibility index (Phi) is 5.77. The summed E-state index contributed by atoms with van der Waals surface area (Å²) in [4.78, 5) is 16.4. The molecule has 0 aliphatic heterocycles. The van der Waals surface area contributed by atoms with E-state index >= 15 is 0 Å². The van der Waals surface area contributed by atoms with Crippen LogP contribution in [0.3, 0.4) is 0 Å². The van der Waals surface area contributed by atoms with E-state index in [-0.39, 0.29) is 18.7 Å². The van der Waals surface area contributed by atoms with Gasteiger partial charge in [0.2, 0.25) is 0 Å². The normalized spacial score (nSPS) is 15.6. The van der Waals surface area contributed by atoms with E-state index in [0.29, 0.717) is 23.2 Å². The molecule has 0 saturated heterocycles. The van der Waals surface area contributed by atoms with Crippen molar-refractivity contribution >= 4 is 22.6 Å². The van der Waals surface area contributed by atoms with E-state index in [4.69, 9.17) is 4.74 Å². The van der Waals surface area contributed by atoms with Gasteiger partial charge in [-0.3, -0.25) is 5.10 Å². The lowest BCUT2D eigenvalue weighted by atomic mass is 9.92. The number of anilines is 1. The molecule has 3 N–H and O–H groups in total. The van der Waals surface area contributed by atoms with Crippen molar-refractivity contribution in [3.63, 3.8) is 0 Å². The summed E-state index contributed by atoms with van der Waals surface area (Å²) in [7, 11) is 0. The lowest BCUT2D eigenvalue weighted by Crippen LogP contribution is -2.41. The minimum absolute atomic E-state index is 0.174. The van der Waals surface area contributed by atoms with Crippen LogP contribution in [0, 0.1) is 11.3 Å². The molecule has 36 heavy (non-hydrogen) atoms. The molecule has 2 aliphatic carbocycles. The maximum Gasteiger partial charge on any atom is 0.319 e. The molecule has 4 aromatic rings. The number of benzene rings is 2. The zero-order chi connectivity index (χ0) is 24.5. The maximum atomic E-state index is 12.2. The summed E-state index contributed by atoms with van der Waals surface area (Å²) in [6.45, 7) is 0.288. The summed E-state index contributed by atoms with van der Waals surface area (Å²) in [5.74, 6) is 1.36. The predicted octanol–water partition coefficient (Wildman–Crippen LogP) is 5.28. The summed E-state index contributed by atoms with van der Waals surface area (Å²) in [6.07, 6.45) is 8.04. The number of H-pyrrole nitrogens is 1. The quantitative estimate of drug-likeness (QED) is 0.332. The van der Waals surface area contributed by atoms with Crippen LogP contribution in [0.15, 0.2) is 48.8 Å². The third-order valence-electron chi connectivity index (χ3n) is 7.22. The van der Waals surface area contributed by atoms with Crippen LogP contribution in [0.1, 0.15) is 56.0 Å². The molecule has 2 heterocycles. The van der Waals surface area contributed by atoms with Crippen molar-refractivity contribution in [1.82, 2.24) is 25.1 Å². The number of hydrogen-bond acceptors (Lipinski definition) is 5. The van der Waals surface area contributed by atoms with Crippen LogP contribution in [0.5, 0.6) is 5.75 Å². The fourth-order valence-corrected chi connectivity index (χ4v) is 4.87. The van der Waals surface area contributed by atoms with E-state index < -0.39 is 0 Å². The van der Waals surface area contributed by atoms with Crippen LogP contribution < -0.4 is 15.4 Å². The van der Waals surface area contributed by atoms with Gasteiger partial charge in [0.1, 0.15) is 24.8 Å². The number of rotatable bonds is 7. The lowest BCUT2D eigenvalue weighted by Gasteiger charge is -2.30. The van der Waals surface area contributed by atoms with Crippen LogP contribution in [0.2, 0.25) is 0 Å². The molecule has 9 nitrogen and oxygen atoms in total. The Morgan fingerprint density at radius 1 is 1.14 bits per heavy atom. The number of urea groups is 1. The fourth-order valence-electron chi connectivity index (χ4n) is 4.87. The zero-order valence-electron chi connectivity index (χ0n) is 19.8. The molecule has 6 rings (SSSR count). The van der Waals surface area contributed by atoms with Gasteiger partial charge in [0, 0.05) is 29.2 Å². The highest BCUT2D eigenvalue weighted by atomic mass is 16.5. The molecule has 2 fully saturated rings. The molecule has 182 valence electrons. The summed E-state index contributed by atoms with van der Waals surface area (Å²) >= 11 is 0. The molecular weight excluding hydrogens is 454 g/mol. The zero-order valence-corrected chi connectivity index (χ0v) is 19.8. The molecule has 2 amide bonds. The summed E-state index contributed by atoms with van der Waals surface area (Å²) in [5, 5.41) is 23.6. The highest BCUT2D eigenvalue weighted by molar-refractivity contribution is 5.96. The van der Waals surface area contributed by atoms with E-state index in [9.17, 15) is 10.1 Å². The molecule has 0 unspecified atom stereocenters. The predicted molar refractivity (Wildman–Crippen MR) is 135 cm³/mol.